The van der Waals surface area contributed by atoms with Crippen LogP contribution in [0, 0.1) is 11.3 Å². The van der Waals surface area contributed by atoms with Gasteiger partial charge in [0.1, 0.15) is 5.76 Å². The fourth-order valence-corrected chi connectivity index (χ4v) is 3.69. The summed E-state index contributed by atoms with van der Waals surface area (Å²) in [6.45, 7) is 6.82. The topological polar surface area (TPSA) is 69.7 Å². The van der Waals surface area contributed by atoms with Gasteiger partial charge in [0, 0.05) is 23.5 Å². The smallest absolute Gasteiger partial charge is 0.339 e. The third kappa shape index (κ3) is 1.95. The molecule has 3 atom stereocenters. The van der Waals surface area contributed by atoms with Crippen LogP contribution in [-0.2, 0) is 23.9 Å². The van der Waals surface area contributed by atoms with E-state index in [0.717, 1.165) is 11.1 Å². The highest BCUT2D eigenvalue weighted by atomic mass is 16.6. The zero-order valence-corrected chi connectivity index (χ0v) is 13.1. The Kier molecular flexibility index (Phi) is 3.13. The van der Waals surface area contributed by atoms with Gasteiger partial charge in [-0.1, -0.05) is 12.5 Å². The molecule has 22 heavy (non-hydrogen) atoms. The van der Waals surface area contributed by atoms with Crippen molar-refractivity contribution in [2.24, 2.45) is 11.3 Å². The van der Waals surface area contributed by atoms with Crippen LogP contribution in [0.3, 0.4) is 0 Å². The molecule has 5 nitrogen and oxygen atoms in total. The Hall–Kier alpha value is -2.17. The highest BCUT2D eigenvalue weighted by Gasteiger charge is 2.53. The van der Waals surface area contributed by atoms with Crippen molar-refractivity contribution in [1.29, 1.82) is 0 Å². The highest BCUT2D eigenvalue weighted by Crippen LogP contribution is 2.52. The molecule has 0 aromatic rings. The molecule has 2 aliphatic carbocycles. The Morgan fingerprint density at radius 2 is 2.05 bits per heavy atom. The summed E-state index contributed by atoms with van der Waals surface area (Å²) in [6.07, 6.45) is 3.05. The first-order valence-electron chi connectivity index (χ1n) is 7.28. The van der Waals surface area contributed by atoms with Gasteiger partial charge in [0.2, 0.25) is 0 Å². The summed E-state index contributed by atoms with van der Waals surface area (Å²) in [5.74, 6) is -0.568. The van der Waals surface area contributed by atoms with Gasteiger partial charge in [-0.15, -0.1) is 0 Å². The second-order valence-corrected chi connectivity index (χ2v) is 6.40. The zero-order valence-electron chi connectivity index (χ0n) is 13.1. The van der Waals surface area contributed by atoms with Gasteiger partial charge >= 0.3 is 11.9 Å². The second-order valence-electron chi connectivity index (χ2n) is 6.40. The minimum absolute atomic E-state index is 0.00208. The maximum Gasteiger partial charge on any atom is 0.339 e. The van der Waals surface area contributed by atoms with Crippen LogP contribution in [0.4, 0.5) is 0 Å². The fraction of sp³-hybridized carbons (Fsp3) is 0.471. The van der Waals surface area contributed by atoms with Crippen LogP contribution in [-0.4, -0.2) is 23.8 Å². The largest absolute Gasteiger partial charge is 0.453 e. The van der Waals surface area contributed by atoms with Crippen molar-refractivity contribution in [2.75, 3.05) is 0 Å². The average Bonchev–Trinajstić information content (AvgIpc) is 2.67. The van der Waals surface area contributed by atoms with Gasteiger partial charge < -0.3 is 9.47 Å². The van der Waals surface area contributed by atoms with Crippen molar-refractivity contribution in [2.45, 2.75) is 40.2 Å². The van der Waals surface area contributed by atoms with Gasteiger partial charge in [0.05, 0.1) is 0 Å². The lowest BCUT2D eigenvalue weighted by atomic mass is 9.60. The first-order valence-corrected chi connectivity index (χ1v) is 7.28. The third-order valence-corrected chi connectivity index (χ3v) is 4.89. The van der Waals surface area contributed by atoms with Crippen molar-refractivity contribution in [3.05, 3.63) is 34.6 Å². The number of fused-ring (bicyclic) bond motifs is 2. The predicted molar refractivity (Wildman–Crippen MR) is 77.4 cm³/mol. The summed E-state index contributed by atoms with van der Waals surface area (Å²) in [5, 5.41) is 0. The molecule has 0 aromatic carbocycles. The van der Waals surface area contributed by atoms with E-state index < -0.39 is 17.5 Å². The van der Waals surface area contributed by atoms with E-state index in [9.17, 15) is 14.4 Å². The van der Waals surface area contributed by atoms with Crippen LogP contribution >= 0.6 is 0 Å². The van der Waals surface area contributed by atoms with E-state index in [2.05, 4.69) is 0 Å². The molecule has 0 spiro atoms. The second kappa shape index (κ2) is 4.66. The molecule has 0 saturated heterocycles. The zero-order chi connectivity index (χ0) is 16.2. The summed E-state index contributed by atoms with van der Waals surface area (Å²) >= 11 is 0. The number of esters is 2. The van der Waals surface area contributed by atoms with Crippen molar-refractivity contribution in [1.82, 2.24) is 0 Å². The van der Waals surface area contributed by atoms with Crippen molar-refractivity contribution in [3.8, 4) is 0 Å². The molecule has 0 fully saturated rings. The molecule has 0 radical (unpaired) electrons. The summed E-state index contributed by atoms with van der Waals surface area (Å²) in [7, 11) is 0. The van der Waals surface area contributed by atoms with Crippen LogP contribution in [0.15, 0.2) is 34.6 Å². The molecule has 0 amide bonds. The monoisotopic (exact) mass is 302 g/mol. The van der Waals surface area contributed by atoms with Crippen molar-refractivity contribution >= 4 is 17.7 Å². The molecule has 0 bridgehead atoms. The molecular formula is C17H18O5. The first-order chi connectivity index (χ1) is 10.2. The first kappa shape index (κ1) is 14.8. The van der Waals surface area contributed by atoms with E-state index in [0.29, 0.717) is 17.8 Å². The minimum atomic E-state index is -0.882. The van der Waals surface area contributed by atoms with Gasteiger partial charge in [-0.2, -0.15) is 0 Å². The van der Waals surface area contributed by atoms with Gasteiger partial charge in [0.15, 0.2) is 11.9 Å². The molecule has 3 aliphatic rings. The van der Waals surface area contributed by atoms with Crippen LogP contribution in [0.5, 0.6) is 0 Å². The molecule has 0 aromatic heterocycles. The molecule has 3 rings (SSSR count). The maximum atomic E-state index is 12.3. The van der Waals surface area contributed by atoms with Crippen LogP contribution in [0.1, 0.15) is 34.1 Å². The maximum absolute atomic E-state index is 12.3. The fourth-order valence-electron chi connectivity index (χ4n) is 3.69. The van der Waals surface area contributed by atoms with Crippen LogP contribution in [0.25, 0.3) is 0 Å². The van der Waals surface area contributed by atoms with Gasteiger partial charge in [-0.25, -0.2) is 4.79 Å². The Morgan fingerprint density at radius 3 is 2.68 bits per heavy atom. The molecule has 1 heterocycles. The summed E-state index contributed by atoms with van der Waals surface area (Å²) in [4.78, 5) is 35.5. The summed E-state index contributed by atoms with van der Waals surface area (Å²) < 4.78 is 10.6. The molecular weight excluding hydrogens is 284 g/mol. The number of carbonyl (C=O) groups is 3. The standard InChI is InChI=1S/C17H18O5/c1-8-5-13(19)15(21-10(3)18)17(4)7-14-11(6-12(8)17)9(2)16(20)22-14/h5,7,12,15H,6H2,1-4H3/t12-,15+,17+/m1/s1. The van der Waals surface area contributed by atoms with E-state index in [1.54, 1.807) is 19.1 Å². The van der Waals surface area contributed by atoms with E-state index in [1.807, 2.05) is 13.8 Å². The van der Waals surface area contributed by atoms with Crippen molar-refractivity contribution in [3.63, 3.8) is 0 Å². The van der Waals surface area contributed by atoms with Gasteiger partial charge in [0.25, 0.3) is 0 Å². The van der Waals surface area contributed by atoms with E-state index in [-0.39, 0.29) is 17.7 Å². The normalized spacial score (nSPS) is 33.6. The van der Waals surface area contributed by atoms with Gasteiger partial charge in [-0.3, -0.25) is 9.59 Å². The lowest BCUT2D eigenvalue weighted by Crippen LogP contribution is -2.50. The number of allylic oxidation sites excluding steroid dienone is 2. The molecule has 0 unspecified atom stereocenters. The number of rotatable bonds is 1. The third-order valence-electron chi connectivity index (χ3n) is 4.89. The SMILES string of the molecule is CC(=O)O[C@H]1C(=O)C=C(C)[C@H]2CC3=C(C)C(=O)OC3=C[C@@]21C. The number of ether oxygens (including phenoxy) is 2. The van der Waals surface area contributed by atoms with E-state index in [1.165, 1.54) is 6.92 Å². The number of carbonyl (C=O) groups excluding carboxylic acids is 3. The van der Waals surface area contributed by atoms with Gasteiger partial charge in [-0.05, 0) is 38.3 Å². The Balaban J connectivity index is 2.14. The minimum Gasteiger partial charge on any atom is -0.453 e. The Labute approximate surface area is 128 Å². The Bertz CT molecular complexity index is 694. The molecule has 1 aliphatic heterocycles. The highest BCUT2D eigenvalue weighted by molar-refractivity contribution is 5.98. The van der Waals surface area contributed by atoms with Crippen LogP contribution < -0.4 is 0 Å². The molecule has 0 N–H and O–H groups in total. The number of hydrogen-bond donors (Lipinski definition) is 0. The molecule has 5 heteroatoms. The summed E-state index contributed by atoms with van der Waals surface area (Å²) in [5.41, 5.74) is 1.73. The Morgan fingerprint density at radius 1 is 1.36 bits per heavy atom. The number of ketones is 1. The predicted octanol–water partition coefficient (Wildman–Crippen LogP) is 2.23. The lowest BCUT2D eigenvalue weighted by Gasteiger charge is -2.45. The van der Waals surface area contributed by atoms with E-state index in [4.69, 9.17) is 9.47 Å². The quantitative estimate of drug-likeness (QED) is 0.695. The average molecular weight is 302 g/mol. The summed E-state index contributed by atoms with van der Waals surface area (Å²) in [6, 6.07) is 0. The van der Waals surface area contributed by atoms with Crippen molar-refractivity contribution < 1.29 is 23.9 Å². The van der Waals surface area contributed by atoms with Crippen LogP contribution in [0.2, 0.25) is 0 Å². The molecule has 0 saturated carbocycles. The van der Waals surface area contributed by atoms with E-state index >= 15 is 0 Å². The molecule has 116 valence electrons. The number of hydrogen-bond acceptors (Lipinski definition) is 5. The lowest BCUT2D eigenvalue weighted by molar-refractivity contribution is -0.160.